The van der Waals surface area contributed by atoms with Crippen molar-refractivity contribution in [3.8, 4) is 0 Å². The molecule has 0 bridgehead atoms. The lowest BCUT2D eigenvalue weighted by atomic mass is 9.98. The Morgan fingerprint density at radius 3 is 2.00 bits per heavy atom. The quantitative estimate of drug-likeness (QED) is 0.631. The third kappa shape index (κ3) is 4.81. The molecule has 0 aromatic heterocycles. The van der Waals surface area contributed by atoms with Crippen molar-refractivity contribution in [2.24, 2.45) is 5.92 Å². The molecule has 5 nitrogen and oxygen atoms in total. The number of carboxylic acids is 1. The number of carbonyl (C=O) groups is 2. The van der Waals surface area contributed by atoms with Crippen LogP contribution in [0.15, 0.2) is 25.3 Å². The molecule has 0 aliphatic carbocycles. The number of carbonyl (C=O) groups excluding carboxylic acids is 1. The summed E-state index contributed by atoms with van der Waals surface area (Å²) in [5, 5.41) is 11.7. The van der Waals surface area contributed by atoms with Crippen LogP contribution >= 0.6 is 0 Å². The molecule has 0 heterocycles. The Labute approximate surface area is 121 Å². The molecule has 0 radical (unpaired) electrons. The molecule has 114 valence electrons. The predicted octanol–water partition coefficient (Wildman–Crippen LogP) is 1.66. The fraction of sp³-hybridized carbons (Fsp3) is 0.600. The summed E-state index contributed by atoms with van der Waals surface area (Å²) in [6, 6.07) is -0.893. The van der Waals surface area contributed by atoms with E-state index in [1.807, 2.05) is 4.90 Å². The molecule has 0 fully saturated rings. The van der Waals surface area contributed by atoms with Gasteiger partial charge in [-0.15, -0.1) is 13.2 Å². The zero-order valence-electron chi connectivity index (χ0n) is 12.8. The maximum Gasteiger partial charge on any atom is 0.326 e. The van der Waals surface area contributed by atoms with E-state index in [1.165, 1.54) is 0 Å². The van der Waals surface area contributed by atoms with Gasteiger partial charge in [0.1, 0.15) is 6.04 Å². The summed E-state index contributed by atoms with van der Waals surface area (Å²) < 4.78 is 0. The minimum Gasteiger partial charge on any atom is -0.480 e. The van der Waals surface area contributed by atoms with Crippen molar-refractivity contribution in [3.05, 3.63) is 25.3 Å². The Morgan fingerprint density at radius 2 is 1.70 bits per heavy atom. The second kappa shape index (κ2) is 7.85. The van der Waals surface area contributed by atoms with Crippen LogP contribution in [0.1, 0.15) is 27.7 Å². The summed E-state index contributed by atoms with van der Waals surface area (Å²) in [6.45, 7) is 15.4. The van der Waals surface area contributed by atoms with Gasteiger partial charge in [0.15, 0.2) is 0 Å². The minimum absolute atomic E-state index is 0.181. The van der Waals surface area contributed by atoms with Crippen LogP contribution in [-0.4, -0.2) is 46.6 Å². The van der Waals surface area contributed by atoms with Gasteiger partial charge in [-0.25, -0.2) is 4.79 Å². The number of hydrogen-bond acceptors (Lipinski definition) is 3. The number of carboxylic acid groups (broad SMARTS) is 1. The molecule has 0 saturated heterocycles. The minimum atomic E-state index is -1.02. The standard InChI is InChI=1S/C15H26N2O3/c1-7-9-17(10-8-2)15(5,6)14(20)16-12(11(3)4)13(18)19/h7-8,11-12H,1-2,9-10H2,3-6H3,(H,16,20)(H,18,19). The van der Waals surface area contributed by atoms with Gasteiger partial charge >= 0.3 is 5.97 Å². The molecule has 2 N–H and O–H groups in total. The van der Waals surface area contributed by atoms with Gasteiger partial charge in [0.05, 0.1) is 5.54 Å². The average molecular weight is 282 g/mol. The van der Waals surface area contributed by atoms with Crippen LogP contribution < -0.4 is 5.32 Å². The van der Waals surface area contributed by atoms with Crippen LogP contribution in [0.5, 0.6) is 0 Å². The Kier molecular flexibility index (Phi) is 7.21. The van der Waals surface area contributed by atoms with Gasteiger partial charge in [0, 0.05) is 13.1 Å². The third-order valence-electron chi connectivity index (χ3n) is 3.26. The number of amides is 1. The molecule has 0 saturated carbocycles. The van der Waals surface area contributed by atoms with Gasteiger partial charge in [-0.05, 0) is 19.8 Å². The van der Waals surface area contributed by atoms with Crippen molar-refractivity contribution < 1.29 is 14.7 Å². The van der Waals surface area contributed by atoms with Crippen LogP contribution in [-0.2, 0) is 9.59 Å². The van der Waals surface area contributed by atoms with E-state index in [-0.39, 0.29) is 11.8 Å². The number of nitrogens with zero attached hydrogens (tertiary/aromatic N) is 1. The van der Waals surface area contributed by atoms with Crippen molar-refractivity contribution in [1.29, 1.82) is 0 Å². The Morgan fingerprint density at radius 1 is 1.25 bits per heavy atom. The highest BCUT2D eigenvalue weighted by atomic mass is 16.4. The molecular formula is C15H26N2O3. The fourth-order valence-corrected chi connectivity index (χ4v) is 1.82. The molecule has 1 atom stereocenters. The fourth-order valence-electron chi connectivity index (χ4n) is 1.82. The summed E-state index contributed by atoms with van der Waals surface area (Å²) in [5.74, 6) is -1.52. The molecule has 5 heteroatoms. The molecule has 1 amide bonds. The average Bonchev–Trinajstić information content (AvgIpc) is 2.34. The molecule has 0 aromatic rings. The molecular weight excluding hydrogens is 256 g/mol. The lowest BCUT2D eigenvalue weighted by molar-refractivity contribution is -0.145. The van der Waals surface area contributed by atoms with Gasteiger partial charge in [0.25, 0.3) is 0 Å². The first-order valence-electron chi connectivity index (χ1n) is 6.69. The number of hydrogen-bond donors (Lipinski definition) is 2. The second-order valence-corrected chi connectivity index (χ2v) is 5.57. The summed E-state index contributed by atoms with van der Waals surface area (Å²) in [4.78, 5) is 25.4. The largest absolute Gasteiger partial charge is 0.480 e. The van der Waals surface area contributed by atoms with Crippen LogP contribution in [0.2, 0.25) is 0 Å². The van der Waals surface area contributed by atoms with Crippen molar-refractivity contribution in [2.45, 2.75) is 39.3 Å². The van der Waals surface area contributed by atoms with Crippen molar-refractivity contribution in [1.82, 2.24) is 10.2 Å². The maximum atomic E-state index is 12.4. The van der Waals surface area contributed by atoms with Crippen LogP contribution in [0.3, 0.4) is 0 Å². The van der Waals surface area contributed by atoms with E-state index in [4.69, 9.17) is 5.11 Å². The van der Waals surface area contributed by atoms with E-state index in [2.05, 4.69) is 18.5 Å². The number of aliphatic carboxylic acids is 1. The summed E-state index contributed by atoms with van der Waals surface area (Å²) in [7, 11) is 0. The van der Waals surface area contributed by atoms with Crippen LogP contribution in [0, 0.1) is 5.92 Å². The van der Waals surface area contributed by atoms with Crippen LogP contribution in [0.25, 0.3) is 0 Å². The van der Waals surface area contributed by atoms with Gasteiger partial charge in [-0.3, -0.25) is 9.69 Å². The molecule has 0 rings (SSSR count). The highest BCUT2D eigenvalue weighted by Gasteiger charge is 2.36. The van der Waals surface area contributed by atoms with E-state index in [9.17, 15) is 9.59 Å². The Bertz CT molecular complexity index is 365. The second-order valence-electron chi connectivity index (χ2n) is 5.57. The summed E-state index contributed by atoms with van der Waals surface area (Å²) >= 11 is 0. The van der Waals surface area contributed by atoms with E-state index < -0.39 is 17.6 Å². The van der Waals surface area contributed by atoms with Gasteiger partial charge < -0.3 is 10.4 Å². The normalized spacial score (nSPS) is 13.1. The first-order valence-corrected chi connectivity index (χ1v) is 6.69. The zero-order chi connectivity index (χ0) is 15.9. The topological polar surface area (TPSA) is 69.6 Å². The molecule has 0 aliphatic rings. The van der Waals surface area contributed by atoms with E-state index >= 15 is 0 Å². The van der Waals surface area contributed by atoms with Crippen molar-refractivity contribution in [2.75, 3.05) is 13.1 Å². The van der Waals surface area contributed by atoms with Gasteiger partial charge in [-0.1, -0.05) is 26.0 Å². The lowest BCUT2D eigenvalue weighted by Crippen LogP contribution is -2.58. The van der Waals surface area contributed by atoms with E-state index in [0.717, 1.165) is 0 Å². The van der Waals surface area contributed by atoms with Crippen LogP contribution in [0.4, 0.5) is 0 Å². The Balaban J connectivity index is 5.06. The highest BCUT2D eigenvalue weighted by molar-refractivity contribution is 5.89. The zero-order valence-corrected chi connectivity index (χ0v) is 12.8. The molecule has 0 aromatic carbocycles. The van der Waals surface area contributed by atoms with E-state index in [0.29, 0.717) is 13.1 Å². The summed E-state index contributed by atoms with van der Waals surface area (Å²) in [5.41, 5.74) is -0.842. The molecule has 1 unspecified atom stereocenters. The number of nitrogens with one attached hydrogen (secondary N) is 1. The molecule has 20 heavy (non-hydrogen) atoms. The monoisotopic (exact) mass is 282 g/mol. The molecule has 0 spiro atoms. The highest BCUT2D eigenvalue weighted by Crippen LogP contribution is 2.16. The molecule has 0 aliphatic heterocycles. The first kappa shape index (κ1) is 18.4. The smallest absolute Gasteiger partial charge is 0.326 e. The SMILES string of the molecule is C=CCN(CC=C)C(C)(C)C(=O)NC(C(=O)O)C(C)C. The van der Waals surface area contributed by atoms with Crippen molar-refractivity contribution >= 4 is 11.9 Å². The summed E-state index contributed by atoms with van der Waals surface area (Å²) in [6.07, 6.45) is 3.41. The first-order chi connectivity index (χ1) is 9.18. The van der Waals surface area contributed by atoms with Gasteiger partial charge in [-0.2, -0.15) is 0 Å². The third-order valence-corrected chi connectivity index (χ3v) is 3.26. The number of rotatable bonds is 9. The van der Waals surface area contributed by atoms with Gasteiger partial charge in [0.2, 0.25) is 5.91 Å². The van der Waals surface area contributed by atoms with E-state index in [1.54, 1.807) is 39.8 Å². The predicted molar refractivity (Wildman–Crippen MR) is 80.5 cm³/mol. The van der Waals surface area contributed by atoms with Crippen molar-refractivity contribution in [3.63, 3.8) is 0 Å². The lowest BCUT2D eigenvalue weighted by Gasteiger charge is -2.37. The Hall–Kier alpha value is -1.62. The maximum absolute atomic E-state index is 12.4.